The molecule has 0 aliphatic carbocycles. The van der Waals surface area contributed by atoms with Gasteiger partial charge in [-0.3, -0.25) is 38.5 Å². The summed E-state index contributed by atoms with van der Waals surface area (Å²) in [7, 11) is 4.95. The van der Waals surface area contributed by atoms with Crippen LogP contribution >= 0.6 is 38.5 Å². The number of aryl methyl sites for hydroxylation is 3. The number of aromatic nitrogens is 2. The maximum absolute atomic E-state index is 14.0. The molecule has 5 aliphatic heterocycles. The van der Waals surface area contributed by atoms with Crippen LogP contribution < -0.4 is 0 Å². The van der Waals surface area contributed by atoms with E-state index in [1.165, 1.54) is 24.3 Å². The van der Waals surface area contributed by atoms with E-state index in [9.17, 15) is 53.9 Å². The van der Waals surface area contributed by atoms with Crippen molar-refractivity contribution in [3.8, 4) is 36.2 Å². The van der Waals surface area contributed by atoms with Gasteiger partial charge in [-0.2, -0.15) is 39.5 Å². The van der Waals surface area contributed by atoms with Gasteiger partial charge in [0.25, 0.3) is 0 Å². The minimum absolute atomic E-state index is 0.0280. The number of hydrogen-bond acceptors (Lipinski definition) is 12. The number of dihydropyridines is 1. The summed E-state index contributed by atoms with van der Waals surface area (Å²) >= 11 is 5.44. The van der Waals surface area contributed by atoms with Crippen LogP contribution in [0.15, 0.2) is 178 Å². The van der Waals surface area contributed by atoms with Crippen molar-refractivity contribution in [3.63, 3.8) is 0 Å². The van der Waals surface area contributed by atoms with Crippen molar-refractivity contribution in [1.29, 1.82) is 0 Å². The van der Waals surface area contributed by atoms with Crippen LogP contribution in [0.4, 0.5) is 39.5 Å². The number of alkyl halides is 9. The van der Waals surface area contributed by atoms with Crippen molar-refractivity contribution in [1.82, 2.24) is 38.8 Å². The molecule has 598 valence electrons. The predicted octanol–water partition coefficient (Wildman–Crippen LogP) is 17.4. The van der Waals surface area contributed by atoms with Crippen LogP contribution in [0.25, 0.3) is 5.52 Å². The zero-order valence-corrected chi connectivity index (χ0v) is 70.1. The van der Waals surface area contributed by atoms with Gasteiger partial charge < -0.3 is 14.7 Å². The second-order valence-electron chi connectivity index (χ2n) is 30.0. The zero-order valence-electron chi connectivity index (χ0n) is 65.4. The second kappa shape index (κ2) is 40.1. The third kappa shape index (κ3) is 26.0. The largest absolute Gasteiger partial charge is 0.416 e. The number of Topliss-reactive ketones (excluding diaryl/α,β-unsaturated/α-hetero) is 3. The number of nitrogens with zero attached hydrogens (tertiary/aromatic N) is 10. The number of hydrogen-bond donors (Lipinski definition) is 0. The Balaban J connectivity index is 0.000000179. The first-order valence-corrected chi connectivity index (χ1v) is 42.7. The molecule has 25 heteroatoms. The van der Waals surface area contributed by atoms with Gasteiger partial charge in [0.05, 0.1) is 28.4 Å². The number of likely N-dealkylation sites (N-methyl/N-ethyl adjacent to an activating group) is 3. The van der Waals surface area contributed by atoms with Crippen LogP contribution in [-0.4, -0.2) is 182 Å². The number of carbonyl (C=O) groups excluding carboxylic acids is 3. The maximum atomic E-state index is 14.0. The van der Waals surface area contributed by atoms with Crippen molar-refractivity contribution >= 4 is 81.4 Å². The Bertz CT molecular complexity index is 5050. The van der Waals surface area contributed by atoms with Gasteiger partial charge >= 0.3 is 18.5 Å². The van der Waals surface area contributed by atoms with Crippen LogP contribution in [0.3, 0.4) is 0 Å². The van der Waals surface area contributed by atoms with Crippen molar-refractivity contribution in [2.24, 2.45) is 9.98 Å². The third-order valence-corrected chi connectivity index (χ3v) is 22.6. The summed E-state index contributed by atoms with van der Waals surface area (Å²) in [4.78, 5) is 64.0. The number of imidazole rings is 1. The average molecular weight is 1760 g/mol. The highest BCUT2D eigenvalue weighted by atomic mass is 127. The van der Waals surface area contributed by atoms with Gasteiger partial charge in [0.2, 0.25) is 0 Å². The molecule has 0 N–H and O–H groups in total. The summed E-state index contributed by atoms with van der Waals surface area (Å²) in [5.74, 6) is 7.88. The SMILES string of the molecule is Brc1ncc2ccccn12.C#C[Si](C)(C)C.C#Cc1cc(C(=O)Cc2ccc(CN3CCN(C)CC3)c(C(F)(F)F)c2)ccc1C.Cc1ccc(C(=O)Cc2ccc(CN3CCN(C)CC3)c(C(F)(F)F)c2)cc1C#CC1=NC=C2C=CC=NC21.Cc1ccc(C(=O)Cc2ccc(CN3CCN(C)CC3)cc2C(F)(F)F)cc1I. The Morgan fingerprint density at radius 1 is 0.535 bits per heavy atom. The molecule has 13 nitrogen and oxygen atoms in total. The molecule has 3 saturated heterocycles. The molecule has 8 aromatic rings. The van der Waals surface area contributed by atoms with Crippen LogP contribution in [0, 0.1) is 60.5 Å². The van der Waals surface area contributed by atoms with E-state index in [0.717, 1.165) is 127 Å². The molecule has 5 aliphatic rings. The van der Waals surface area contributed by atoms with Gasteiger partial charge in [-0.15, -0.1) is 18.4 Å². The Labute approximate surface area is 685 Å². The van der Waals surface area contributed by atoms with Gasteiger partial charge in [-0.05, 0) is 191 Å². The molecule has 2 aromatic heterocycles. The first-order chi connectivity index (χ1) is 53.9. The molecule has 7 heterocycles. The Morgan fingerprint density at radius 2 is 0.974 bits per heavy atom. The standard InChI is InChI=1S/C31H29F3N4O.C24H25F3N2O.C22H24F3IN2O.C7H5BrN2.C5H10Si/c1-21-5-7-24(18-23(21)9-10-28-30-25(19-36-28)4-3-11-35-30)29(39)17-22-6-8-26(27(16-22)31(32,33)34)20-38-14-12-37(2)13-15-38;1-4-19-15-20(7-5-17(19)2)23(30)14-18-6-8-21(22(13-18)24(25,26)27)16-29-11-9-28(3)10-12-29;1-15-3-5-18(12-20(15)26)21(29)13-17-6-4-16(11-19(17)22(23,24)25)14-28-9-7-27(2)8-10-28;8-7-9-5-6-3-1-2-4-10(6)7;1-5-6(2,3)4/h3-8,11,16,18-19,30H,12-15,17,20H2,1-2H3;1,5-8,13,15H,9-12,14,16H2,2-3H3;3-6,11-12H,7-10,13-14H2,1-2H3;1-5H;1H,2-4H3. The number of fused-ring (bicyclic) bond motifs is 2. The summed E-state index contributed by atoms with van der Waals surface area (Å²) in [5, 5.41) is 0. The number of pyridine rings is 1. The smallest absolute Gasteiger partial charge is 0.304 e. The van der Waals surface area contributed by atoms with E-state index >= 15 is 0 Å². The number of aliphatic imine (C=N–C) groups is 2. The molecule has 1 atom stereocenters. The lowest BCUT2D eigenvalue weighted by Crippen LogP contribution is -2.44. The van der Waals surface area contributed by atoms with Gasteiger partial charge in [-0.25, -0.2) is 9.98 Å². The van der Waals surface area contributed by atoms with Crippen molar-refractivity contribution < 1.29 is 53.9 Å². The maximum Gasteiger partial charge on any atom is 0.416 e. The summed E-state index contributed by atoms with van der Waals surface area (Å²) < 4.78 is 128. The van der Waals surface area contributed by atoms with E-state index in [2.05, 4.69) is 116 Å². The first kappa shape index (κ1) is 89.0. The molecule has 0 amide bonds. The van der Waals surface area contributed by atoms with E-state index in [1.54, 1.807) is 79.1 Å². The van der Waals surface area contributed by atoms with E-state index in [0.29, 0.717) is 56.8 Å². The van der Waals surface area contributed by atoms with Crippen LogP contribution in [0.5, 0.6) is 0 Å². The fourth-order valence-electron chi connectivity index (χ4n) is 12.8. The number of benzene rings is 6. The molecule has 0 saturated carbocycles. The second-order valence-corrected chi connectivity index (χ2v) is 36.7. The molecule has 0 radical (unpaired) electrons. The quantitative estimate of drug-likeness (QED) is 0.0323. The van der Waals surface area contributed by atoms with Crippen LogP contribution in [0.2, 0.25) is 19.6 Å². The normalized spacial score (nSPS) is 16.3. The fourth-order valence-corrected chi connectivity index (χ4v) is 13.8. The monoisotopic (exact) mass is 1750 g/mol. The number of carbonyl (C=O) groups is 3. The van der Waals surface area contributed by atoms with Gasteiger partial charge in [0, 0.05) is 173 Å². The van der Waals surface area contributed by atoms with E-state index in [1.807, 2.05) is 105 Å². The van der Waals surface area contributed by atoms with E-state index in [4.69, 9.17) is 12.8 Å². The number of rotatable bonds is 15. The summed E-state index contributed by atoms with van der Waals surface area (Å²) in [6.45, 7) is 22.8. The minimum Gasteiger partial charge on any atom is -0.304 e. The molecule has 13 rings (SSSR count). The Morgan fingerprint density at radius 3 is 1.46 bits per heavy atom. The lowest BCUT2D eigenvalue weighted by Gasteiger charge is -2.33. The minimum atomic E-state index is -4.50. The number of terminal acetylenes is 2. The van der Waals surface area contributed by atoms with Crippen molar-refractivity contribution in [2.75, 3.05) is 99.7 Å². The summed E-state index contributed by atoms with van der Waals surface area (Å²) in [5.41, 5.74) is 10.6. The molecular weight excluding hydrogens is 1660 g/mol. The molecule has 3 fully saturated rings. The molecule has 0 spiro atoms. The van der Waals surface area contributed by atoms with Gasteiger partial charge in [-0.1, -0.05) is 116 Å². The molecule has 114 heavy (non-hydrogen) atoms. The lowest BCUT2D eigenvalue weighted by molar-refractivity contribution is -0.139. The summed E-state index contributed by atoms with van der Waals surface area (Å²) in [6.07, 6.45) is 7.67. The Kier molecular flexibility index (Phi) is 31.3. The number of piperazine rings is 3. The number of halogens is 11. The Hall–Kier alpha value is -8.92. The molecular formula is C89H93BrF9IN10O3Si. The van der Waals surface area contributed by atoms with Gasteiger partial charge in [0.15, 0.2) is 22.1 Å². The van der Waals surface area contributed by atoms with Crippen LogP contribution in [-0.2, 0) is 57.4 Å². The topological polar surface area (TPSA) is 113 Å². The molecule has 6 aromatic carbocycles. The fraction of sp³-hybridized carbons (Fsp3) is 0.348. The average Bonchev–Trinajstić information content (AvgIpc) is 1.18. The first-order valence-electron chi connectivity index (χ1n) is 37.3. The van der Waals surface area contributed by atoms with Gasteiger partial charge in [0.1, 0.15) is 19.8 Å². The molecule has 0 bridgehead atoms. The predicted molar refractivity (Wildman–Crippen MR) is 450 cm³/mol. The van der Waals surface area contributed by atoms with Crippen molar-refractivity contribution in [3.05, 3.63) is 267 Å². The highest BCUT2D eigenvalue weighted by molar-refractivity contribution is 14.1. The molecule has 1 unspecified atom stereocenters. The highest BCUT2D eigenvalue weighted by Gasteiger charge is 2.37. The highest BCUT2D eigenvalue weighted by Crippen LogP contribution is 2.37. The van der Waals surface area contributed by atoms with Crippen molar-refractivity contribution in [2.45, 2.75) is 104 Å². The van der Waals surface area contributed by atoms with E-state index in [-0.39, 0.29) is 72.4 Å². The number of ketones is 3. The third-order valence-electron chi connectivity index (χ3n) is 20.0. The van der Waals surface area contributed by atoms with E-state index < -0.39 is 43.3 Å². The summed E-state index contributed by atoms with van der Waals surface area (Å²) in [6, 6.07) is 34.1. The number of allylic oxidation sites excluding steroid dienone is 1. The van der Waals surface area contributed by atoms with Crippen LogP contribution in [0.1, 0.15) is 109 Å². The zero-order chi connectivity index (χ0) is 82.8. The lowest BCUT2D eigenvalue weighted by atomic mass is 9.96.